The van der Waals surface area contributed by atoms with Crippen LogP contribution in [0.2, 0.25) is 0 Å². The molecule has 140 valence electrons. The van der Waals surface area contributed by atoms with Crippen LogP contribution < -0.4 is 5.32 Å². The summed E-state index contributed by atoms with van der Waals surface area (Å²) in [5, 5.41) is 10.9. The zero-order valence-corrected chi connectivity index (χ0v) is 15.6. The van der Waals surface area contributed by atoms with Crippen molar-refractivity contribution in [1.29, 1.82) is 5.41 Å². The lowest BCUT2D eigenvalue weighted by atomic mass is 10.2. The highest BCUT2D eigenvalue weighted by Gasteiger charge is 2.21. The van der Waals surface area contributed by atoms with Crippen LogP contribution in [-0.4, -0.2) is 26.7 Å². The third kappa shape index (κ3) is 3.13. The van der Waals surface area contributed by atoms with E-state index in [0.29, 0.717) is 34.7 Å². The molecule has 0 bridgehead atoms. The van der Waals surface area contributed by atoms with Crippen molar-refractivity contribution in [2.24, 2.45) is 0 Å². The number of anilines is 1. The molecule has 0 atom stereocenters. The van der Waals surface area contributed by atoms with Crippen molar-refractivity contribution in [2.45, 2.75) is 26.3 Å². The van der Waals surface area contributed by atoms with Crippen molar-refractivity contribution in [3.63, 3.8) is 0 Å². The molecule has 0 aliphatic rings. The number of nitrogens with zero attached hydrogens (tertiary/aromatic N) is 3. The molecule has 6 nitrogen and oxygen atoms in total. The average Bonchev–Trinajstić information content (AvgIpc) is 3.02. The highest BCUT2D eigenvalue weighted by molar-refractivity contribution is 6.10. The number of aryl methyl sites for hydroxylation is 1. The van der Waals surface area contributed by atoms with E-state index in [9.17, 15) is 4.79 Å². The highest BCUT2D eigenvalue weighted by atomic mass is 16.1. The van der Waals surface area contributed by atoms with Gasteiger partial charge in [0, 0.05) is 18.3 Å². The largest absolute Gasteiger partial charge is 0.310 e. The predicted octanol–water partition coefficient (Wildman–Crippen LogP) is 4.63. The number of nitrogens with one attached hydrogen (secondary N) is 2. The maximum Gasteiger partial charge on any atom is 0.256 e. The minimum absolute atomic E-state index is 0.214. The zero-order valence-electron chi connectivity index (χ0n) is 15.6. The molecule has 0 saturated heterocycles. The number of carbonyl (C=O) groups is 1. The van der Waals surface area contributed by atoms with E-state index >= 15 is 0 Å². The number of amides is 1. The van der Waals surface area contributed by atoms with Gasteiger partial charge in [0.25, 0.3) is 5.91 Å². The van der Waals surface area contributed by atoms with Crippen LogP contribution in [0, 0.1) is 5.41 Å². The first-order chi connectivity index (χ1) is 13.7. The van der Waals surface area contributed by atoms with Crippen molar-refractivity contribution in [2.75, 3.05) is 5.32 Å². The molecule has 0 unspecified atom stereocenters. The topological polar surface area (TPSA) is 83.7 Å². The van der Waals surface area contributed by atoms with Gasteiger partial charge < -0.3 is 15.3 Å². The van der Waals surface area contributed by atoms with Gasteiger partial charge in [-0.15, -0.1) is 0 Å². The Bertz CT molecular complexity index is 1160. The van der Waals surface area contributed by atoms with E-state index in [1.807, 2.05) is 47.0 Å². The summed E-state index contributed by atoms with van der Waals surface area (Å²) in [6, 6.07) is 16.7. The van der Waals surface area contributed by atoms with Gasteiger partial charge in [-0.2, -0.15) is 0 Å². The summed E-state index contributed by atoms with van der Waals surface area (Å²) < 4.78 is 1.97. The van der Waals surface area contributed by atoms with Crippen molar-refractivity contribution >= 4 is 40.1 Å². The lowest BCUT2D eigenvalue weighted by molar-refractivity contribution is 0.102. The average molecular weight is 371 g/mol. The maximum absolute atomic E-state index is 12.8. The second-order valence-corrected chi connectivity index (χ2v) is 6.62. The number of hydrogen-bond donors (Lipinski definition) is 2. The molecule has 4 aromatic rings. The maximum atomic E-state index is 12.8. The van der Waals surface area contributed by atoms with Gasteiger partial charge in [0.15, 0.2) is 5.65 Å². The third-order valence-electron chi connectivity index (χ3n) is 4.74. The Hall–Kier alpha value is -3.54. The van der Waals surface area contributed by atoms with E-state index in [2.05, 4.69) is 12.2 Å². The molecule has 0 fully saturated rings. The Morgan fingerprint density at radius 2 is 1.75 bits per heavy atom. The van der Waals surface area contributed by atoms with Crippen LogP contribution >= 0.6 is 0 Å². The Labute approximate surface area is 162 Å². The quantitative estimate of drug-likeness (QED) is 0.485. The fourth-order valence-corrected chi connectivity index (χ4v) is 3.30. The molecule has 0 spiro atoms. The lowest BCUT2D eigenvalue weighted by Gasteiger charge is -2.11. The van der Waals surface area contributed by atoms with Gasteiger partial charge >= 0.3 is 0 Å². The fraction of sp³-hybridized carbons (Fsp3) is 0.182. The number of rotatable bonds is 6. The van der Waals surface area contributed by atoms with Gasteiger partial charge in [-0.1, -0.05) is 43.7 Å². The molecule has 6 heteroatoms. The number of aromatic nitrogens is 3. The molecule has 2 N–H and O–H groups in total. The molecule has 2 aromatic carbocycles. The van der Waals surface area contributed by atoms with Gasteiger partial charge in [-0.05, 0) is 30.7 Å². The SMILES string of the molecule is CCCCn1c(NC(=O)c2ccccc2)c(C=N)c2nc3ccccc3nc21. The van der Waals surface area contributed by atoms with E-state index in [1.54, 1.807) is 12.1 Å². The van der Waals surface area contributed by atoms with Crippen LogP contribution in [0.25, 0.3) is 22.2 Å². The number of carbonyl (C=O) groups excluding carboxylic acids is 1. The molecule has 2 heterocycles. The van der Waals surface area contributed by atoms with Gasteiger partial charge in [0.05, 0.1) is 16.6 Å². The summed E-state index contributed by atoms with van der Waals surface area (Å²) in [6.07, 6.45) is 3.19. The van der Waals surface area contributed by atoms with Gasteiger partial charge in [0.2, 0.25) is 0 Å². The molecule has 4 rings (SSSR count). The second-order valence-electron chi connectivity index (χ2n) is 6.62. The Balaban J connectivity index is 1.90. The van der Waals surface area contributed by atoms with Gasteiger partial charge in [-0.3, -0.25) is 4.79 Å². The molecule has 0 aliphatic carbocycles. The molecule has 1 amide bonds. The van der Waals surface area contributed by atoms with Crippen molar-refractivity contribution in [3.8, 4) is 0 Å². The van der Waals surface area contributed by atoms with Crippen molar-refractivity contribution in [3.05, 3.63) is 65.7 Å². The Morgan fingerprint density at radius 3 is 2.43 bits per heavy atom. The normalized spacial score (nSPS) is 11.0. The molecule has 0 aliphatic heterocycles. The van der Waals surface area contributed by atoms with E-state index in [0.717, 1.165) is 23.9 Å². The number of benzene rings is 2. The lowest BCUT2D eigenvalue weighted by Crippen LogP contribution is -2.16. The number of hydrogen-bond acceptors (Lipinski definition) is 4. The van der Waals surface area contributed by atoms with E-state index in [-0.39, 0.29) is 5.91 Å². The van der Waals surface area contributed by atoms with Crippen molar-refractivity contribution in [1.82, 2.24) is 14.5 Å². The Kier molecular flexibility index (Phi) is 4.85. The second kappa shape index (κ2) is 7.60. The summed E-state index contributed by atoms with van der Waals surface area (Å²) in [5.74, 6) is 0.358. The summed E-state index contributed by atoms with van der Waals surface area (Å²) in [6.45, 7) is 2.81. The smallest absolute Gasteiger partial charge is 0.256 e. The first kappa shape index (κ1) is 17.9. The molecule has 0 saturated carbocycles. The molecular weight excluding hydrogens is 350 g/mol. The molecule has 0 radical (unpaired) electrons. The van der Waals surface area contributed by atoms with E-state index < -0.39 is 0 Å². The summed E-state index contributed by atoms with van der Waals surface area (Å²) in [7, 11) is 0. The molecule has 2 aromatic heterocycles. The summed E-state index contributed by atoms with van der Waals surface area (Å²) >= 11 is 0. The minimum Gasteiger partial charge on any atom is -0.310 e. The standard InChI is InChI=1S/C22H21N5O/c1-2-3-13-27-20(26-22(28)15-9-5-4-6-10-15)16(14-23)19-21(27)25-18-12-8-7-11-17(18)24-19/h4-12,14,23H,2-3,13H2,1H3,(H,26,28). The third-order valence-corrected chi connectivity index (χ3v) is 4.74. The molecule has 28 heavy (non-hydrogen) atoms. The zero-order chi connectivity index (χ0) is 19.5. The predicted molar refractivity (Wildman–Crippen MR) is 112 cm³/mol. The number of unbranched alkanes of at least 4 members (excludes halogenated alkanes) is 1. The monoisotopic (exact) mass is 371 g/mol. The highest BCUT2D eigenvalue weighted by Crippen LogP contribution is 2.29. The first-order valence-corrected chi connectivity index (χ1v) is 9.38. The van der Waals surface area contributed by atoms with Crippen LogP contribution in [0.5, 0.6) is 0 Å². The minimum atomic E-state index is -0.214. The van der Waals surface area contributed by atoms with Crippen LogP contribution in [0.4, 0.5) is 5.82 Å². The molecular formula is C22H21N5O. The fourth-order valence-electron chi connectivity index (χ4n) is 3.30. The van der Waals surface area contributed by atoms with Gasteiger partial charge in [-0.25, -0.2) is 9.97 Å². The summed E-state index contributed by atoms with van der Waals surface area (Å²) in [5.41, 5.74) is 4.03. The number of fused-ring (bicyclic) bond motifs is 2. The van der Waals surface area contributed by atoms with Crippen LogP contribution in [0.1, 0.15) is 35.7 Å². The number of para-hydroxylation sites is 2. The van der Waals surface area contributed by atoms with Crippen LogP contribution in [-0.2, 0) is 6.54 Å². The van der Waals surface area contributed by atoms with E-state index in [4.69, 9.17) is 15.4 Å². The van der Waals surface area contributed by atoms with Crippen LogP contribution in [0.15, 0.2) is 54.6 Å². The first-order valence-electron chi connectivity index (χ1n) is 9.38. The van der Waals surface area contributed by atoms with E-state index in [1.165, 1.54) is 6.21 Å². The van der Waals surface area contributed by atoms with Crippen LogP contribution in [0.3, 0.4) is 0 Å². The summed E-state index contributed by atoms with van der Waals surface area (Å²) in [4.78, 5) is 22.3. The Morgan fingerprint density at radius 1 is 1.07 bits per heavy atom. The van der Waals surface area contributed by atoms with Gasteiger partial charge in [0.1, 0.15) is 11.3 Å². The van der Waals surface area contributed by atoms with Crippen molar-refractivity contribution < 1.29 is 4.79 Å².